The van der Waals surface area contributed by atoms with E-state index in [9.17, 15) is 9.59 Å². The molecule has 1 aromatic rings. The van der Waals surface area contributed by atoms with Crippen molar-refractivity contribution in [3.8, 4) is 5.75 Å². The van der Waals surface area contributed by atoms with Gasteiger partial charge in [0.2, 0.25) is 0 Å². The molecule has 2 amide bonds. The van der Waals surface area contributed by atoms with Gasteiger partial charge in [0.05, 0.1) is 25.3 Å². The van der Waals surface area contributed by atoms with Crippen LogP contribution in [0.2, 0.25) is 0 Å². The van der Waals surface area contributed by atoms with Gasteiger partial charge in [0.1, 0.15) is 18.3 Å². The molecule has 0 aromatic heterocycles. The van der Waals surface area contributed by atoms with E-state index in [4.69, 9.17) is 14.6 Å². The zero-order chi connectivity index (χ0) is 14.8. The van der Waals surface area contributed by atoms with E-state index < -0.39 is 24.0 Å². The molecule has 7 nitrogen and oxygen atoms in total. The minimum atomic E-state index is -0.965. The summed E-state index contributed by atoms with van der Waals surface area (Å²) >= 11 is 0. The number of para-hydroxylation sites is 1. The maximum Gasteiger partial charge on any atom is 0.315 e. The highest BCUT2D eigenvalue weighted by atomic mass is 16.5. The summed E-state index contributed by atoms with van der Waals surface area (Å²) in [5.41, 5.74) is 0.921. The van der Waals surface area contributed by atoms with Gasteiger partial charge >= 0.3 is 12.0 Å². The lowest BCUT2D eigenvalue weighted by Gasteiger charge is -2.18. The lowest BCUT2D eigenvalue weighted by molar-refractivity contribution is -0.142. The van der Waals surface area contributed by atoms with Crippen LogP contribution in [0.5, 0.6) is 5.75 Å². The first-order valence-electron chi connectivity index (χ1n) is 6.74. The number of amides is 2. The molecule has 1 fully saturated rings. The number of hydrogen-bond acceptors (Lipinski definition) is 4. The predicted octanol–water partition coefficient (Wildman–Crippen LogP) is 0.519. The quantitative estimate of drug-likeness (QED) is 0.754. The zero-order valence-electron chi connectivity index (χ0n) is 11.2. The average molecular weight is 292 g/mol. The van der Waals surface area contributed by atoms with E-state index in [1.807, 2.05) is 24.3 Å². The van der Waals surface area contributed by atoms with Gasteiger partial charge in [-0.2, -0.15) is 0 Å². The third kappa shape index (κ3) is 2.78. The van der Waals surface area contributed by atoms with Crippen molar-refractivity contribution < 1.29 is 24.2 Å². The van der Waals surface area contributed by atoms with Crippen molar-refractivity contribution in [2.45, 2.75) is 12.1 Å². The average Bonchev–Trinajstić information content (AvgIpc) is 3.06. The van der Waals surface area contributed by atoms with Gasteiger partial charge in [-0.25, -0.2) is 4.79 Å². The summed E-state index contributed by atoms with van der Waals surface area (Å²) in [6.07, 6.45) is 0. The Kier molecular flexibility index (Phi) is 3.66. The minimum Gasteiger partial charge on any atom is -0.491 e. The number of hydrogen-bond donors (Lipinski definition) is 3. The van der Waals surface area contributed by atoms with Gasteiger partial charge in [0.25, 0.3) is 0 Å². The van der Waals surface area contributed by atoms with Gasteiger partial charge in [-0.1, -0.05) is 18.2 Å². The van der Waals surface area contributed by atoms with Crippen LogP contribution in [-0.4, -0.2) is 43.0 Å². The predicted molar refractivity (Wildman–Crippen MR) is 72.1 cm³/mol. The molecule has 2 aliphatic rings. The lowest BCUT2D eigenvalue weighted by atomic mass is 10.0. The monoisotopic (exact) mass is 292 g/mol. The molecule has 3 unspecified atom stereocenters. The minimum absolute atomic E-state index is 0.121. The molecular weight excluding hydrogens is 276 g/mol. The fourth-order valence-electron chi connectivity index (χ4n) is 2.59. The Labute approximate surface area is 121 Å². The topological polar surface area (TPSA) is 96.9 Å². The van der Waals surface area contributed by atoms with Crippen LogP contribution in [0.1, 0.15) is 11.6 Å². The number of carbonyl (C=O) groups excluding carboxylic acids is 1. The van der Waals surface area contributed by atoms with E-state index in [-0.39, 0.29) is 19.3 Å². The van der Waals surface area contributed by atoms with Crippen molar-refractivity contribution in [2.75, 3.05) is 19.8 Å². The van der Waals surface area contributed by atoms with Crippen molar-refractivity contribution in [1.29, 1.82) is 0 Å². The first kappa shape index (κ1) is 13.7. The molecule has 2 aliphatic heterocycles. The lowest BCUT2D eigenvalue weighted by Crippen LogP contribution is -2.48. The van der Waals surface area contributed by atoms with E-state index in [0.717, 1.165) is 11.3 Å². The first-order valence-corrected chi connectivity index (χ1v) is 6.74. The molecule has 1 aromatic carbocycles. The van der Waals surface area contributed by atoms with Crippen LogP contribution in [0.4, 0.5) is 4.79 Å². The van der Waals surface area contributed by atoms with Crippen molar-refractivity contribution in [2.24, 2.45) is 5.92 Å². The molecule has 112 valence electrons. The van der Waals surface area contributed by atoms with Crippen LogP contribution < -0.4 is 15.4 Å². The Morgan fingerprint density at radius 2 is 1.95 bits per heavy atom. The van der Waals surface area contributed by atoms with E-state index in [2.05, 4.69) is 10.6 Å². The van der Waals surface area contributed by atoms with Crippen molar-refractivity contribution in [1.82, 2.24) is 10.6 Å². The highest BCUT2D eigenvalue weighted by molar-refractivity contribution is 5.77. The number of rotatable bonds is 3. The van der Waals surface area contributed by atoms with Gasteiger partial charge in [0, 0.05) is 5.56 Å². The van der Waals surface area contributed by atoms with Gasteiger partial charge in [-0.15, -0.1) is 0 Å². The second-order valence-electron chi connectivity index (χ2n) is 5.11. The molecule has 3 N–H and O–H groups in total. The van der Waals surface area contributed by atoms with E-state index in [1.54, 1.807) is 0 Å². The Balaban J connectivity index is 1.59. The summed E-state index contributed by atoms with van der Waals surface area (Å²) in [6.45, 7) is 0.702. The number of aliphatic carboxylic acids is 1. The third-order valence-corrected chi connectivity index (χ3v) is 3.72. The van der Waals surface area contributed by atoms with E-state index >= 15 is 0 Å². The summed E-state index contributed by atoms with van der Waals surface area (Å²) in [5.74, 6) is -0.911. The summed E-state index contributed by atoms with van der Waals surface area (Å²) < 4.78 is 10.6. The van der Waals surface area contributed by atoms with Crippen LogP contribution in [0.3, 0.4) is 0 Å². The number of urea groups is 1. The molecule has 0 radical (unpaired) electrons. The second kappa shape index (κ2) is 5.61. The van der Waals surface area contributed by atoms with Crippen LogP contribution in [-0.2, 0) is 9.53 Å². The summed E-state index contributed by atoms with van der Waals surface area (Å²) in [5, 5.41) is 14.5. The van der Waals surface area contributed by atoms with Crippen molar-refractivity contribution in [3.63, 3.8) is 0 Å². The Morgan fingerprint density at radius 1 is 1.14 bits per heavy atom. The SMILES string of the molecule is O=C(NC1COc2ccccc21)NC1COCC1C(=O)O. The molecule has 21 heavy (non-hydrogen) atoms. The standard InChI is InChI=1S/C14H16N2O5/c17-13(18)9-5-20-6-10(9)15-14(19)16-11-7-21-12-4-2-1-3-8(11)12/h1-4,9-11H,5-7H2,(H,17,18)(H2,15,16,19). The summed E-state index contributed by atoms with van der Waals surface area (Å²) in [6, 6.07) is 6.33. The Morgan fingerprint density at radius 3 is 2.76 bits per heavy atom. The van der Waals surface area contributed by atoms with E-state index in [1.165, 1.54) is 0 Å². The number of carbonyl (C=O) groups is 2. The molecule has 0 saturated carbocycles. The number of carboxylic acids is 1. The normalized spacial score (nSPS) is 26.8. The molecule has 3 rings (SSSR count). The van der Waals surface area contributed by atoms with Crippen molar-refractivity contribution in [3.05, 3.63) is 29.8 Å². The van der Waals surface area contributed by atoms with Gasteiger partial charge in [-0.3, -0.25) is 4.79 Å². The van der Waals surface area contributed by atoms with Crippen molar-refractivity contribution >= 4 is 12.0 Å². The molecule has 0 aliphatic carbocycles. The summed E-state index contributed by atoms with van der Waals surface area (Å²) in [7, 11) is 0. The largest absolute Gasteiger partial charge is 0.491 e. The highest BCUT2D eigenvalue weighted by Crippen LogP contribution is 2.31. The molecular formula is C14H16N2O5. The fraction of sp³-hybridized carbons (Fsp3) is 0.429. The van der Waals surface area contributed by atoms with Crippen LogP contribution in [0.25, 0.3) is 0 Å². The maximum absolute atomic E-state index is 12.0. The third-order valence-electron chi connectivity index (χ3n) is 3.72. The number of benzene rings is 1. The van der Waals surface area contributed by atoms with Crippen LogP contribution >= 0.6 is 0 Å². The number of carboxylic acid groups (broad SMARTS) is 1. The number of fused-ring (bicyclic) bond motifs is 1. The van der Waals surface area contributed by atoms with Gasteiger partial charge in [-0.05, 0) is 6.07 Å². The van der Waals surface area contributed by atoms with E-state index in [0.29, 0.717) is 6.61 Å². The van der Waals surface area contributed by atoms with Crippen LogP contribution in [0, 0.1) is 5.92 Å². The first-order chi connectivity index (χ1) is 10.1. The molecule has 1 saturated heterocycles. The summed E-state index contributed by atoms with van der Waals surface area (Å²) in [4.78, 5) is 23.0. The Hall–Kier alpha value is -2.28. The zero-order valence-corrected chi connectivity index (χ0v) is 11.2. The molecule has 0 bridgehead atoms. The number of ether oxygens (including phenoxy) is 2. The van der Waals surface area contributed by atoms with Gasteiger partial charge in [0.15, 0.2) is 0 Å². The molecule has 2 heterocycles. The van der Waals surface area contributed by atoms with Crippen LogP contribution in [0.15, 0.2) is 24.3 Å². The maximum atomic E-state index is 12.0. The molecule has 0 spiro atoms. The highest BCUT2D eigenvalue weighted by Gasteiger charge is 2.35. The smallest absolute Gasteiger partial charge is 0.315 e. The fourth-order valence-corrected chi connectivity index (χ4v) is 2.59. The Bertz CT molecular complexity index is 562. The molecule has 3 atom stereocenters. The number of nitrogens with one attached hydrogen (secondary N) is 2. The van der Waals surface area contributed by atoms with Gasteiger partial charge < -0.3 is 25.2 Å². The second-order valence-corrected chi connectivity index (χ2v) is 5.11. The molecule has 7 heteroatoms.